The maximum atomic E-state index is 12.7. The maximum Gasteiger partial charge on any atom is 0.306 e. The van der Waals surface area contributed by atoms with Crippen LogP contribution in [0, 0.1) is 0 Å². The zero-order valence-corrected chi connectivity index (χ0v) is 31.8. The van der Waals surface area contributed by atoms with E-state index in [2.05, 4.69) is 80.7 Å². The number of aliphatic hydroxyl groups is 4. The second-order valence-electron chi connectivity index (χ2n) is 13.0. The predicted octanol–water partition coefficient (Wildman–Crippen LogP) is 7.27. The van der Waals surface area contributed by atoms with Crippen molar-refractivity contribution in [3.63, 3.8) is 0 Å². The van der Waals surface area contributed by atoms with Crippen LogP contribution in [0.3, 0.4) is 0 Å². The molecule has 52 heavy (non-hydrogen) atoms. The summed E-state index contributed by atoms with van der Waals surface area (Å²) in [6.07, 6.45) is 32.1. The first-order chi connectivity index (χ1) is 25.3. The summed E-state index contributed by atoms with van der Waals surface area (Å²) in [7, 11) is 0. The molecule has 0 aromatic heterocycles. The number of aliphatic hydroxyl groups excluding tert-OH is 4. The Morgan fingerprint density at radius 1 is 0.615 bits per heavy atom. The van der Waals surface area contributed by atoms with Gasteiger partial charge in [-0.1, -0.05) is 112 Å². The number of carbonyl (C=O) groups excluding carboxylic acids is 2. The van der Waals surface area contributed by atoms with Crippen molar-refractivity contribution in [1.29, 1.82) is 0 Å². The third-order valence-corrected chi connectivity index (χ3v) is 8.31. The number of unbranched alkanes of at least 4 members (excludes halogenated alkanes) is 7. The zero-order valence-electron chi connectivity index (χ0n) is 31.8. The summed E-state index contributed by atoms with van der Waals surface area (Å²) in [5, 5.41) is 39.9. The molecule has 0 aliphatic carbocycles. The Morgan fingerprint density at radius 3 is 1.79 bits per heavy atom. The van der Waals surface area contributed by atoms with E-state index in [1.165, 1.54) is 0 Å². The van der Waals surface area contributed by atoms with Gasteiger partial charge in [-0.15, -0.1) is 0 Å². The Labute approximate surface area is 313 Å². The van der Waals surface area contributed by atoms with Crippen molar-refractivity contribution in [2.45, 2.75) is 160 Å². The number of carbonyl (C=O) groups is 2. The van der Waals surface area contributed by atoms with Gasteiger partial charge < -0.3 is 39.4 Å². The minimum atomic E-state index is -1.61. The first-order valence-corrected chi connectivity index (χ1v) is 19.5. The molecule has 4 N–H and O–H groups in total. The molecule has 0 aromatic carbocycles. The van der Waals surface area contributed by atoms with Crippen LogP contribution in [0.5, 0.6) is 0 Å². The van der Waals surface area contributed by atoms with Gasteiger partial charge in [-0.3, -0.25) is 9.59 Å². The molecule has 0 bridgehead atoms. The van der Waals surface area contributed by atoms with Gasteiger partial charge in [0.1, 0.15) is 31.0 Å². The Morgan fingerprint density at radius 2 is 1.15 bits per heavy atom. The molecule has 1 aliphatic rings. The van der Waals surface area contributed by atoms with Crippen LogP contribution in [-0.2, 0) is 28.5 Å². The van der Waals surface area contributed by atoms with E-state index in [0.29, 0.717) is 19.3 Å². The maximum absolute atomic E-state index is 12.7. The lowest BCUT2D eigenvalue weighted by molar-refractivity contribution is -0.305. The Balaban J connectivity index is 2.45. The molecule has 10 nitrogen and oxygen atoms in total. The summed E-state index contributed by atoms with van der Waals surface area (Å²) in [6.45, 7) is 3.14. The van der Waals surface area contributed by atoms with Crippen LogP contribution >= 0.6 is 0 Å². The van der Waals surface area contributed by atoms with Crippen molar-refractivity contribution in [2.24, 2.45) is 0 Å². The molecule has 1 saturated heterocycles. The van der Waals surface area contributed by atoms with Crippen molar-refractivity contribution in [1.82, 2.24) is 0 Å². The SMILES string of the molecule is CC/C=C\C/C=C\C/C=C\C/C=C\C/C=C\CCCC(=O)OC(COC(=O)CCCCCCC/C=C\CCC)COC1OC(CO)C(O)C(O)C1O. The monoisotopic (exact) mass is 732 g/mol. The van der Waals surface area contributed by atoms with E-state index >= 15 is 0 Å². The standard InChI is InChI=1S/C42H68O10/c1-3-5-7-9-11-13-15-16-17-18-19-20-21-23-25-27-29-31-38(45)51-35(34-50-42-41(48)40(47)39(46)36(32-43)52-42)33-49-37(44)30-28-26-24-22-14-12-10-8-6-4-2/h5,7-8,10-11,13,16-17,19-20,23,25,35-36,39-43,46-48H,3-4,6,9,12,14-15,18,21-22,24,26-34H2,1-2H3/b7-5-,10-8-,13-11-,17-16-,20-19-,25-23-. The summed E-state index contributed by atoms with van der Waals surface area (Å²) in [5.41, 5.74) is 0. The van der Waals surface area contributed by atoms with Crippen molar-refractivity contribution in [2.75, 3.05) is 19.8 Å². The molecule has 1 fully saturated rings. The van der Waals surface area contributed by atoms with E-state index in [-0.39, 0.29) is 26.1 Å². The highest BCUT2D eigenvalue weighted by molar-refractivity contribution is 5.70. The van der Waals surface area contributed by atoms with Gasteiger partial charge in [-0.05, 0) is 70.6 Å². The zero-order chi connectivity index (χ0) is 38.1. The van der Waals surface area contributed by atoms with E-state index in [4.69, 9.17) is 18.9 Å². The van der Waals surface area contributed by atoms with Crippen LogP contribution in [0.15, 0.2) is 72.9 Å². The minimum Gasteiger partial charge on any atom is -0.462 e. The summed E-state index contributed by atoms with van der Waals surface area (Å²) >= 11 is 0. The van der Waals surface area contributed by atoms with Gasteiger partial charge in [-0.2, -0.15) is 0 Å². The second kappa shape index (κ2) is 32.8. The van der Waals surface area contributed by atoms with E-state index in [1.807, 2.05) is 6.08 Å². The molecule has 0 aromatic rings. The first-order valence-electron chi connectivity index (χ1n) is 19.5. The van der Waals surface area contributed by atoms with Crippen molar-refractivity contribution in [3.8, 4) is 0 Å². The molecule has 6 atom stereocenters. The third kappa shape index (κ3) is 24.4. The number of allylic oxidation sites excluding steroid dienone is 12. The van der Waals surface area contributed by atoms with Gasteiger partial charge in [0.05, 0.1) is 13.2 Å². The molecule has 1 aliphatic heterocycles. The molecule has 296 valence electrons. The van der Waals surface area contributed by atoms with Crippen LogP contribution in [0.2, 0.25) is 0 Å². The van der Waals surface area contributed by atoms with Crippen LogP contribution in [0.25, 0.3) is 0 Å². The van der Waals surface area contributed by atoms with E-state index in [0.717, 1.165) is 77.0 Å². The number of esters is 2. The van der Waals surface area contributed by atoms with E-state index < -0.39 is 55.4 Å². The normalized spacial score (nSPS) is 21.8. The molecule has 0 spiro atoms. The summed E-state index contributed by atoms with van der Waals surface area (Å²) in [4.78, 5) is 25.1. The fourth-order valence-corrected chi connectivity index (χ4v) is 5.22. The van der Waals surface area contributed by atoms with Crippen LogP contribution in [0.4, 0.5) is 0 Å². The summed E-state index contributed by atoms with van der Waals surface area (Å²) in [6, 6.07) is 0. The lowest BCUT2D eigenvalue weighted by Crippen LogP contribution is -2.59. The van der Waals surface area contributed by atoms with Crippen molar-refractivity contribution < 1.29 is 49.0 Å². The third-order valence-electron chi connectivity index (χ3n) is 8.31. The van der Waals surface area contributed by atoms with Crippen molar-refractivity contribution >= 4 is 11.9 Å². The Bertz CT molecular complexity index is 1080. The number of hydrogen-bond donors (Lipinski definition) is 4. The average molecular weight is 733 g/mol. The van der Waals surface area contributed by atoms with Gasteiger partial charge in [0.2, 0.25) is 0 Å². The highest BCUT2D eigenvalue weighted by Gasteiger charge is 2.44. The molecular weight excluding hydrogens is 664 g/mol. The number of rotatable bonds is 30. The highest BCUT2D eigenvalue weighted by Crippen LogP contribution is 2.22. The molecule has 10 heteroatoms. The Kier molecular flexibility index (Phi) is 29.7. The molecular formula is C42H68O10. The van der Waals surface area contributed by atoms with E-state index in [9.17, 15) is 30.0 Å². The molecule has 6 unspecified atom stereocenters. The molecule has 1 rings (SSSR count). The Hall–Kier alpha value is -2.86. The number of ether oxygens (including phenoxy) is 4. The van der Waals surface area contributed by atoms with E-state index in [1.54, 1.807) is 0 Å². The average Bonchev–Trinajstić information content (AvgIpc) is 3.14. The van der Waals surface area contributed by atoms with Gasteiger partial charge in [0.25, 0.3) is 0 Å². The summed E-state index contributed by atoms with van der Waals surface area (Å²) < 4.78 is 22.0. The molecule has 0 saturated carbocycles. The molecule has 0 radical (unpaired) electrons. The predicted molar refractivity (Wildman–Crippen MR) is 205 cm³/mol. The molecule has 0 amide bonds. The first kappa shape index (κ1) is 47.2. The lowest BCUT2D eigenvalue weighted by Gasteiger charge is -2.39. The van der Waals surface area contributed by atoms with Gasteiger partial charge in [0.15, 0.2) is 12.4 Å². The van der Waals surface area contributed by atoms with Gasteiger partial charge in [-0.25, -0.2) is 0 Å². The van der Waals surface area contributed by atoms with Gasteiger partial charge >= 0.3 is 11.9 Å². The topological polar surface area (TPSA) is 152 Å². The number of hydrogen-bond acceptors (Lipinski definition) is 10. The van der Waals surface area contributed by atoms with Crippen LogP contribution in [0.1, 0.15) is 123 Å². The minimum absolute atomic E-state index is 0.146. The lowest BCUT2D eigenvalue weighted by atomic mass is 9.99. The highest BCUT2D eigenvalue weighted by atomic mass is 16.7. The van der Waals surface area contributed by atoms with Gasteiger partial charge in [0, 0.05) is 12.8 Å². The second-order valence-corrected chi connectivity index (χ2v) is 13.0. The smallest absolute Gasteiger partial charge is 0.306 e. The fourth-order valence-electron chi connectivity index (χ4n) is 5.22. The van der Waals surface area contributed by atoms with Crippen LogP contribution in [-0.4, -0.2) is 89.0 Å². The van der Waals surface area contributed by atoms with Crippen LogP contribution < -0.4 is 0 Å². The fraction of sp³-hybridized carbons (Fsp3) is 0.667. The van der Waals surface area contributed by atoms with Crippen molar-refractivity contribution in [3.05, 3.63) is 72.9 Å². The quantitative estimate of drug-likeness (QED) is 0.0337. The molecule has 1 heterocycles. The largest absolute Gasteiger partial charge is 0.462 e. The summed E-state index contributed by atoms with van der Waals surface area (Å²) in [5.74, 6) is -0.898.